The summed E-state index contributed by atoms with van der Waals surface area (Å²) in [7, 11) is 0. The largest absolute Gasteiger partial charge is 0.334 e. The van der Waals surface area contributed by atoms with Gasteiger partial charge in [-0.25, -0.2) is 9.78 Å². The summed E-state index contributed by atoms with van der Waals surface area (Å²) < 4.78 is 2.15. The molecular formula is C26H34N6O. The lowest BCUT2D eigenvalue weighted by molar-refractivity contribution is 0.133. The van der Waals surface area contributed by atoms with Crippen LogP contribution < -0.4 is 5.32 Å². The number of hydrogen-bond acceptors (Lipinski definition) is 4. The van der Waals surface area contributed by atoms with Crippen LogP contribution in [0, 0.1) is 22.7 Å². The number of nitriles is 1. The van der Waals surface area contributed by atoms with Gasteiger partial charge in [-0.15, -0.1) is 0 Å². The second-order valence-electron chi connectivity index (χ2n) is 10.1. The molecule has 2 amide bonds. The highest BCUT2D eigenvalue weighted by molar-refractivity contribution is 5.75. The number of hydrogen-bond donors (Lipinski definition) is 1. The number of benzene rings is 1. The summed E-state index contributed by atoms with van der Waals surface area (Å²) in [4.78, 5) is 21.5. The second-order valence-corrected chi connectivity index (χ2v) is 10.1. The normalized spacial score (nSPS) is 21.8. The van der Waals surface area contributed by atoms with E-state index in [0.717, 1.165) is 50.5 Å². The van der Waals surface area contributed by atoms with E-state index in [1.807, 2.05) is 41.7 Å². The number of nitrogens with zero attached hydrogens (tertiary/aromatic N) is 5. The van der Waals surface area contributed by atoms with Crippen LogP contribution in [0.3, 0.4) is 0 Å². The molecule has 1 saturated heterocycles. The predicted octanol–water partition coefficient (Wildman–Crippen LogP) is 3.62. The molecule has 1 N–H and O–H groups in total. The molecule has 0 bridgehead atoms. The third-order valence-electron chi connectivity index (χ3n) is 6.98. The SMILES string of the molecule is CC(C)=CC1C(NC(=O)N2CCN(Cc3cncn3Cc3ccc(C#N)cc3)CC2)C1(C)C. The van der Waals surface area contributed by atoms with Crippen molar-refractivity contribution in [3.8, 4) is 6.07 Å². The van der Waals surface area contributed by atoms with Crippen molar-refractivity contribution in [3.63, 3.8) is 0 Å². The molecule has 2 unspecified atom stereocenters. The van der Waals surface area contributed by atoms with E-state index in [1.54, 1.807) is 0 Å². The number of imidazole rings is 1. The number of piperazine rings is 1. The lowest BCUT2D eigenvalue weighted by Gasteiger charge is -2.34. The number of carbonyl (C=O) groups excluding carboxylic acids is 1. The third kappa shape index (κ3) is 5.28. The zero-order valence-electron chi connectivity index (χ0n) is 20.1. The predicted molar refractivity (Wildman–Crippen MR) is 128 cm³/mol. The molecule has 2 aromatic rings. The van der Waals surface area contributed by atoms with Gasteiger partial charge in [0.05, 0.1) is 23.7 Å². The third-order valence-corrected chi connectivity index (χ3v) is 6.98. The number of amides is 2. The molecule has 1 aliphatic heterocycles. The summed E-state index contributed by atoms with van der Waals surface area (Å²) in [5, 5.41) is 12.2. The maximum Gasteiger partial charge on any atom is 0.317 e. The van der Waals surface area contributed by atoms with Crippen molar-refractivity contribution in [2.75, 3.05) is 26.2 Å². The van der Waals surface area contributed by atoms with Gasteiger partial charge in [-0.05, 0) is 37.0 Å². The number of nitrogens with one attached hydrogen (secondary N) is 1. The van der Waals surface area contributed by atoms with Crippen molar-refractivity contribution < 1.29 is 4.79 Å². The monoisotopic (exact) mass is 446 g/mol. The summed E-state index contributed by atoms with van der Waals surface area (Å²) in [6, 6.07) is 10.1. The number of allylic oxidation sites excluding steroid dienone is 1. The van der Waals surface area contributed by atoms with Gasteiger partial charge < -0.3 is 14.8 Å². The minimum Gasteiger partial charge on any atom is -0.334 e. The van der Waals surface area contributed by atoms with Crippen LogP contribution in [0.5, 0.6) is 0 Å². The molecule has 33 heavy (non-hydrogen) atoms. The van der Waals surface area contributed by atoms with Gasteiger partial charge in [0.15, 0.2) is 0 Å². The molecule has 2 aliphatic rings. The summed E-state index contributed by atoms with van der Waals surface area (Å²) in [6.45, 7) is 13.4. The number of urea groups is 1. The van der Waals surface area contributed by atoms with Crippen LogP contribution >= 0.6 is 0 Å². The summed E-state index contributed by atoms with van der Waals surface area (Å²) >= 11 is 0. The van der Waals surface area contributed by atoms with Crippen LogP contribution in [0.15, 0.2) is 48.4 Å². The molecule has 1 aliphatic carbocycles. The fourth-order valence-corrected chi connectivity index (χ4v) is 4.69. The van der Waals surface area contributed by atoms with Crippen molar-refractivity contribution in [1.29, 1.82) is 5.26 Å². The Morgan fingerprint density at radius 3 is 2.52 bits per heavy atom. The fourth-order valence-electron chi connectivity index (χ4n) is 4.69. The Bertz CT molecular complexity index is 1050. The van der Waals surface area contributed by atoms with Crippen LogP contribution in [0.1, 0.15) is 44.5 Å². The highest BCUT2D eigenvalue weighted by Gasteiger charge is 2.57. The summed E-state index contributed by atoms with van der Waals surface area (Å²) in [5.41, 5.74) is 4.40. The first-order valence-electron chi connectivity index (χ1n) is 11.7. The van der Waals surface area contributed by atoms with Crippen LogP contribution in [0.25, 0.3) is 0 Å². The van der Waals surface area contributed by atoms with Crippen LogP contribution in [0.4, 0.5) is 4.79 Å². The van der Waals surface area contributed by atoms with Crippen LogP contribution in [0.2, 0.25) is 0 Å². The Morgan fingerprint density at radius 1 is 1.18 bits per heavy atom. The maximum atomic E-state index is 12.8. The zero-order valence-corrected chi connectivity index (χ0v) is 20.1. The molecule has 0 spiro atoms. The van der Waals surface area contributed by atoms with Crippen LogP contribution in [-0.2, 0) is 13.1 Å². The Labute approximate surface area is 196 Å². The molecule has 174 valence electrons. The molecule has 2 fully saturated rings. The number of carbonyl (C=O) groups is 1. The van der Waals surface area contributed by atoms with E-state index in [4.69, 9.17) is 5.26 Å². The van der Waals surface area contributed by atoms with E-state index in [-0.39, 0.29) is 17.5 Å². The summed E-state index contributed by atoms with van der Waals surface area (Å²) in [6.07, 6.45) is 6.06. The standard InChI is InChI=1S/C26H34N6O/c1-19(2)13-23-24(26(23,3)4)29-25(33)31-11-9-30(10-12-31)17-22-15-28-18-32(22)16-21-7-5-20(14-27)6-8-21/h5-8,13,15,18,23-24H,9-12,16-17H2,1-4H3,(H,29,33). The van der Waals surface area contributed by atoms with Gasteiger partial charge in [-0.3, -0.25) is 4.90 Å². The van der Waals surface area contributed by atoms with Gasteiger partial charge in [-0.2, -0.15) is 5.26 Å². The first-order chi connectivity index (χ1) is 15.8. The van der Waals surface area contributed by atoms with Crippen molar-refractivity contribution in [3.05, 3.63) is 65.3 Å². The van der Waals surface area contributed by atoms with E-state index in [1.165, 1.54) is 5.57 Å². The fraction of sp³-hybridized carbons (Fsp3) is 0.500. The lowest BCUT2D eigenvalue weighted by atomic mass is 10.1. The highest BCUT2D eigenvalue weighted by Crippen LogP contribution is 2.53. The zero-order chi connectivity index (χ0) is 23.6. The van der Waals surface area contributed by atoms with Gasteiger partial charge in [0.1, 0.15) is 0 Å². The molecule has 7 nitrogen and oxygen atoms in total. The quantitative estimate of drug-likeness (QED) is 0.688. The smallest absolute Gasteiger partial charge is 0.317 e. The van der Waals surface area contributed by atoms with E-state index in [0.29, 0.717) is 11.5 Å². The molecule has 1 saturated carbocycles. The molecule has 2 heterocycles. The number of aromatic nitrogens is 2. The Morgan fingerprint density at radius 2 is 1.88 bits per heavy atom. The van der Waals surface area contributed by atoms with Gasteiger partial charge in [-0.1, -0.05) is 37.6 Å². The Kier molecular flexibility index (Phi) is 6.57. The highest BCUT2D eigenvalue weighted by atomic mass is 16.2. The second kappa shape index (κ2) is 9.40. The van der Waals surface area contributed by atoms with Gasteiger partial charge in [0, 0.05) is 57.4 Å². The van der Waals surface area contributed by atoms with E-state index in [2.05, 4.69) is 59.6 Å². The van der Waals surface area contributed by atoms with E-state index in [9.17, 15) is 4.79 Å². The maximum absolute atomic E-state index is 12.8. The Hall–Kier alpha value is -3.11. The molecule has 1 aromatic heterocycles. The van der Waals surface area contributed by atoms with E-state index >= 15 is 0 Å². The van der Waals surface area contributed by atoms with Crippen molar-refractivity contribution >= 4 is 6.03 Å². The van der Waals surface area contributed by atoms with Crippen molar-refractivity contribution in [1.82, 2.24) is 24.7 Å². The summed E-state index contributed by atoms with van der Waals surface area (Å²) in [5.74, 6) is 0.420. The van der Waals surface area contributed by atoms with E-state index < -0.39 is 0 Å². The molecule has 1 aromatic carbocycles. The molecule has 7 heteroatoms. The van der Waals surface area contributed by atoms with Crippen molar-refractivity contribution in [2.24, 2.45) is 11.3 Å². The van der Waals surface area contributed by atoms with Crippen molar-refractivity contribution in [2.45, 2.75) is 46.8 Å². The first kappa shape index (κ1) is 23.1. The van der Waals surface area contributed by atoms with Crippen LogP contribution in [-0.4, -0.2) is 57.6 Å². The average Bonchev–Trinajstić information content (AvgIpc) is 3.09. The molecule has 0 radical (unpaired) electrons. The Balaban J connectivity index is 1.27. The molecule has 4 rings (SSSR count). The topological polar surface area (TPSA) is 77.2 Å². The minimum atomic E-state index is 0.0586. The van der Waals surface area contributed by atoms with Gasteiger partial charge in [0.25, 0.3) is 0 Å². The number of rotatable bonds is 6. The molecule has 2 atom stereocenters. The molecular weight excluding hydrogens is 412 g/mol. The lowest BCUT2D eigenvalue weighted by Crippen LogP contribution is -2.52. The average molecular weight is 447 g/mol. The van der Waals surface area contributed by atoms with Gasteiger partial charge in [0.2, 0.25) is 0 Å². The van der Waals surface area contributed by atoms with Gasteiger partial charge >= 0.3 is 6.03 Å². The first-order valence-corrected chi connectivity index (χ1v) is 11.7. The minimum absolute atomic E-state index is 0.0586.